The molecule has 0 bridgehead atoms. The third-order valence-electron chi connectivity index (χ3n) is 11.2. The Morgan fingerprint density at radius 3 is 2.37 bits per heavy atom. The number of rotatable bonds is 12. The fraction of sp³-hybridized carbons (Fsp3) is 0.564. The number of imide groups is 2. The molecule has 1 aliphatic carbocycles. The summed E-state index contributed by atoms with van der Waals surface area (Å²) in [6.45, 7) is 10.4. The van der Waals surface area contributed by atoms with Gasteiger partial charge in [-0.15, -0.1) is 12.4 Å². The number of hydrogen-bond donors (Lipinski definition) is 3. The van der Waals surface area contributed by atoms with Gasteiger partial charge in [-0.25, -0.2) is 9.78 Å². The van der Waals surface area contributed by atoms with Gasteiger partial charge < -0.3 is 20.3 Å². The lowest BCUT2D eigenvalue weighted by Crippen LogP contribution is -2.58. The van der Waals surface area contributed by atoms with E-state index in [1.165, 1.54) is 11.0 Å². The Balaban J connectivity index is 0.00000661. The van der Waals surface area contributed by atoms with Gasteiger partial charge in [0.05, 0.1) is 24.8 Å². The molecule has 15 nitrogen and oxygen atoms in total. The highest BCUT2D eigenvalue weighted by Gasteiger charge is 2.55. The van der Waals surface area contributed by atoms with Crippen molar-refractivity contribution in [3.05, 3.63) is 47.8 Å². The van der Waals surface area contributed by atoms with E-state index in [2.05, 4.69) is 44.6 Å². The largest absolute Gasteiger partial charge is 0.419 e. The lowest BCUT2D eigenvalue weighted by Gasteiger charge is -2.44. The Morgan fingerprint density at radius 2 is 1.73 bits per heavy atom. The van der Waals surface area contributed by atoms with E-state index in [4.69, 9.17) is 10.00 Å². The molecule has 2 aromatic rings. The van der Waals surface area contributed by atoms with Crippen molar-refractivity contribution in [2.45, 2.75) is 113 Å². The molecule has 20 heteroatoms. The molecule has 4 heterocycles. The zero-order valence-corrected chi connectivity index (χ0v) is 34.8. The number of carbonyl (C=O) groups excluding carboxylic acids is 5. The van der Waals surface area contributed by atoms with E-state index in [1.807, 2.05) is 0 Å². The van der Waals surface area contributed by atoms with Gasteiger partial charge in [-0.3, -0.25) is 34.3 Å². The lowest BCUT2D eigenvalue weighted by atomic mass is 9.89. The number of hydrogen-bond acceptors (Lipinski definition) is 12. The normalized spacial score (nSPS) is 25.3. The molecule has 0 radical (unpaired) electrons. The van der Waals surface area contributed by atoms with Crippen LogP contribution in [0.25, 0.3) is 0 Å². The molecule has 1 aromatic carbocycles. The highest BCUT2D eigenvalue weighted by Crippen LogP contribution is 2.41. The first-order valence-corrected chi connectivity index (χ1v) is 20.1. The summed E-state index contributed by atoms with van der Waals surface area (Å²) in [4.78, 5) is 73.3. The second-order valence-corrected chi connectivity index (χ2v) is 16.8. The van der Waals surface area contributed by atoms with Crippen molar-refractivity contribution < 1.29 is 41.9 Å². The Morgan fingerprint density at radius 1 is 1.05 bits per heavy atom. The minimum atomic E-state index is -4.83. The molecular formula is C39H49ClF3N9O6S. The van der Waals surface area contributed by atoms with Gasteiger partial charge in [0.1, 0.15) is 17.6 Å². The number of piperazine rings is 1. The average molecular weight is 864 g/mol. The van der Waals surface area contributed by atoms with Crippen molar-refractivity contribution in [1.82, 2.24) is 29.3 Å². The number of benzene rings is 1. The summed E-state index contributed by atoms with van der Waals surface area (Å²) in [5.74, 6) is -1.35. The monoisotopic (exact) mass is 863 g/mol. The van der Waals surface area contributed by atoms with Crippen LogP contribution in [0.4, 0.5) is 29.3 Å². The van der Waals surface area contributed by atoms with E-state index in [1.54, 1.807) is 38.1 Å². The second-order valence-electron chi connectivity index (χ2n) is 15.8. The van der Waals surface area contributed by atoms with Crippen molar-refractivity contribution in [2.24, 2.45) is 0 Å². The molecule has 4 aliphatic rings. The van der Waals surface area contributed by atoms with Gasteiger partial charge in [-0.05, 0) is 84.1 Å². The number of nitrogens with zero attached hydrogens (tertiary/aromatic N) is 6. The first-order valence-electron chi connectivity index (χ1n) is 19.4. The predicted octanol–water partition coefficient (Wildman–Crippen LogP) is 5.02. The van der Waals surface area contributed by atoms with E-state index in [0.717, 1.165) is 29.7 Å². The molecule has 4 fully saturated rings. The molecule has 6 rings (SSSR count). The Labute approximate surface area is 351 Å². The molecule has 59 heavy (non-hydrogen) atoms. The predicted molar refractivity (Wildman–Crippen MR) is 214 cm³/mol. The number of carbonyl (C=O) groups is 5. The number of aromatic nitrogens is 1. The maximum absolute atomic E-state index is 13.6. The van der Waals surface area contributed by atoms with Crippen molar-refractivity contribution in [1.29, 1.82) is 5.26 Å². The molecule has 320 valence electrons. The van der Waals surface area contributed by atoms with Crippen molar-refractivity contribution in [3.8, 4) is 6.07 Å². The highest BCUT2D eigenvalue weighted by molar-refractivity contribution is 7.98. The number of nitriles is 1. The summed E-state index contributed by atoms with van der Waals surface area (Å²) < 4.78 is 47.7. The van der Waals surface area contributed by atoms with Crippen molar-refractivity contribution in [2.75, 3.05) is 43.4 Å². The van der Waals surface area contributed by atoms with Gasteiger partial charge in [0.2, 0.25) is 17.7 Å². The molecule has 3 atom stereocenters. The Hall–Kier alpha value is -4.48. The van der Waals surface area contributed by atoms with E-state index >= 15 is 0 Å². The van der Waals surface area contributed by atoms with E-state index < -0.39 is 41.0 Å². The molecule has 1 aromatic heterocycles. The van der Waals surface area contributed by atoms with E-state index in [0.29, 0.717) is 68.6 Å². The number of urea groups is 1. The third kappa shape index (κ3) is 10.6. The molecule has 1 unspecified atom stereocenters. The van der Waals surface area contributed by atoms with E-state index in [9.17, 15) is 37.1 Å². The quantitative estimate of drug-likeness (QED) is 0.148. The van der Waals surface area contributed by atoms with Crippen LogP contribution in [0.15, 0.2) is 41.4 Å². The number of anilines is 2. The van der Waals surface area contributed by atoms with Gasteiger partial charge in [-0.1, -0.05) is 6.07 Å². The van der Waals surface area contributed by atoms with Crippen LogP contribution >= 0.6 is 24.4 Å². The van der Waals surface area contributed by atoms with Crippen LogP contribution in [0, 0.1) is 11.3 Å². The summed E-state index contributed by atoms with van der Waals surface area (Å²) >= 11 is 0.569. The number of halogens is 4. The SMILES string of the molecule is C[C@@H]1CN(CCOC2CCC(N3C(=O)N(Sc4cnc(C#N)c(C(F)(F)F)c4)C(=O)C3(C)C)CC2)C[C@H](C)N1CC(=O)Nc1cccc(NC2CCC(=O)NC2=O)c1.Cl. The van der Waals surface area contributed by atoms with Gasteiger partial charge in [0.15, 0.2) is 5.69 Å². The molecule has 3 N–H and O–H groups in total. The Kier molecular flexibility index (Phi) is 14.6. The van der Waals surface area contributed by atoms with Crippen LogP contribution < -0.4 is 16.0 Å². The first kappa shape index (κ1) is 45.6. The number of piperidine rings is 1. The zero-order chi connectivity index (χ0) is 41.9. The average Bonchev–Trinajstić information content (AvgIpc) is 3.32. The van der Waals surface area contributed by atoms with Crippen LogP contribution in [0.3, 0.4) is 0 Å². The Bertz CT molecular complexity index is 1950. The van der Waals surface area contributed by atoms with Crippen LogP contribution in [-0.2, 0) is 30.1 Å². The molecule has 3 aliphatic heterocycles. The summed E-state index contributed by atoms with van der Waals surface area (Å²) in [6, 6.07) is 8.11. The molecule has 3 saturated heterocycles. The lowest BCUT2D eigenvalue weighted by molar-refractivity contribution is -0.138. The highest BCUT2D eigenvalue weighted by atomic mass is 35.5. The standard InChI is InChI=1S/C39H48F3N9O6S.ClH/c1-23-20-48(21-24(2)49(23)22-34(53)46-26-7-5-6-25(16-26)45-31-12-13-33(52)47-35(31)54)14-15-57-28-10-8-27(9-11-28)50-37(56)51(36(55)38(50,3)4)58-29-17-30(39(40,41)42)32(18-43)44-19-29;/h5-7,16-17,19,23-24,27-28,31,45H,8-15,20-22H2,1-4H3,(H,46,53)(H,47,52,54);1H/t23-,24+,27?,28?,31?;. The fourth-order valence-electron chi connectivity index (χ4n) is 8.24. The van der Waals surface area contributed by atoms with Crippen LogP contribution in [0.5, 0.6) is 0 Å². The smallest absolute Gasteiger partial charge is 0.377 e. The third-order valence-corrected chi connectivity index (χ3v) is 12.1. The summed E-state index contributed by atoms with van der Waals surface area (Å²) in [5.41, 5.74) is -1.97. The zero-order valence-electron chi connectivity index (χ0n) is 33.2. The number of ether oxygens (including phenoxy) is 1. The topological polar surface area (TPSA) is 180 Å². The maximum atomic E-state index is 13.6. The van der Waals surface area contributed by atoms with Gasteiger partial charge in [0.25, 0.3) is 5.91 Å². The minimum absolute atomic E-state index is 0. The van der Waals surface area contributed by atoms with Crippen LogP contribution in [-0.4, -0.2) is 122 Å². The van der Waals surface area contributed by atoms with Gasteiger partial charge in [0, 0.05) is 78.6 Å². The summed E-state index contributed by atoms with van der Waals surface area (Å²) in [5, 5.41) is 17.5. The summed E-state index contributed by atoms with van der Waals surface area (Å²) in [7, 11) is 0. The van der Waals surface area contributed by atoms with Crippen molar-refractivity contribution >= 4 is 65.4 Å². The number of nitrogens with one attached hydrogen (secondary N) is 3. The van der Waals surface area contributed by atoms with Crippen LogP contribution in [0.2, 0.25) is 0 Å². The first-order chi connectivity index (χ1) is 27.4. The number of amides is 6. The second kappa shape index (κ2) is 18.8. The molecule has 1 saturated carbocycles. The minimum Gasteiger partial charge on any atom is -0.377 e. The molecule has 6 amide bonds. The van der Waals surface area contributed by atoms with E-state index in [-0.39, 0.29) is 72.2 Å². The van der Waals surface area contributed by atoms with Gasteiger partial charge in [-0.2, -0.15) is 22.7 Å². The number of alkyl halides is 3. The van der Waals surface area contributed by atoms with Crippen molar-refractivity contribution in [3.63, 3.8) is 0 Å². The molecular weight excluding hydrogens is 815 g/mol. The summed E-state index contributed by atoms with van der Waals surface area (Å²) in [6.07, 6.45) is -0.612. The fourth-order valence-corrected chi connectivity index (χ4v) is 9.19. The van der Waals surface area contributed by atoms with Crippen LogP contribution in [0.1, 0.15) is 77.5 Å². The van der Waals surface area contributed by atoms with Gasteiger partial charge >= 0.3 is 12.2 Å². The molecule has 0 spiro atoms. The maximum Gasteiger partial charge on any atom is 0.419 e. The number of pyridine rings is 1.